The molecule has 0 aromatic rings. The first-order valence-electron chi connectivity index (χ1n) is 9.27. The SMILES string of the molecule is CC(C)C(=O)N(CCCN1CCCC1)C1CCCN(S(C)(=O)=O)C1. The van der Waals surface area contributed by atoms with E-state index >= 15 is 0 Å². The molecule has 6 nitrogen and oxygen atoms in total. The summed E-state index contributed by atoms with van der Waals surface area (Å²) in [6, 6.07) is 0.0157. The van der Waals surface area contributed by atoms with Crippen LogP contribution in [-0.4, -0.2) is 80.0 Å². The van der Waals surface area contributed by atoms with Gasteiger partial charge < -0.3 is 9.80 Å². The van der Waals surface area contributed by atoms with E-state index in [1.54, 1.807) is 0 Å². The van der Waals surface area contributed by atoms with E-state index in [0.717, 1.165) is 32.4 Å². The van der Waals surface area contributed by atoms with E-state index in [4.69, 9.17) is 0 Å². The highest BCUT2D eigenvalue weighted by Crippen LogP contribution is 2.20. The Hall–Kier alpha value is -0.660. The number of nitrogens with zero attached hydrogens (tertiary/aromatic N) is 3. The fourth-order valence-corrected chi connectivity index (χ4v) is 4.66. The average Bonchev–Trinajstić information content (AvgIpc) is 3.03. The number of carbonyl (C=O) groups excluding carboxylic acids is 1. The largest absolute Gasteiger partial charge is 0.338 e. The molecule has 0 radical (unpaired) electrons. The minimum atomic E-state index is -3.18. The Labute approximate surface area is 147 Å². The smallest absolute Gasteiger partial charge is 0.225 e. The molecule has 0 bridgehead atoms. The second-order valence-electron chi connectivity index (χ2n) is 7.51. The molecule has 140 valence electrons. The van der Waals surface area contributed by atoms with Crippen LogP contribution in [0.15, 0.2) is 0 Å². The van der Waals surface area contributed by atoms with Crippen molar-refractivity contribution in [3.8, 4) is 0 Å². The van der Waals surface area contributed by atoms with Crippen LogP contribution in [-0.2, 0) is 14.8 Å². The zero-order valence-electron chi connectivity index (χ0n) is 15.4. The van der Waals surface area contributed by atoms with Crippen molar-refractivity contribution < 1.29 is 13.2 Å². The van der Waals surface area contributed by atoms with Gasteiger partial charge in [0.1, 0.15) is 0 Å². The Balaban J connectivity index is 1.97. The minimum absolute atomic E-state index is 0.0157. The molecular formula is C17H33N3O3S. The highest BCUT2D eigenvalue weighted by molar-refractivity contribution is 7.88. The van der Waals surface area contributed by atoms with Gasteiger partial charge in [-0.3, -0.25) is 4.79 Å². The summed E-state index contributed by atoms with van der Waals surface area (Å²) in [7, 11) is -3.18. The molecule has 0 N–H and O–H groups in total. The van der Waals surface area contributed by atoms with Crippen LogP contribution in [0.2, 0.25) is 0 Å². The molecule has 1 atom stereocenters. The molecule has 2 saturated heterocycles. The van der Waals surface area contributed by atoms with Gasteiger partial charge in [-0.1, -0.05) is 13.8 Å². The molecular weight excluding hydrogens is 326 g/mol. The maximum atomic E-state index is 12.7. The second-order valence-corrected chi connectivity index (χ2v) is 9.49. The predicted molar refractivity (Wildman–Crippen MR) is 96.3 cm³/mol. The Bertz CT molecular complexity index is 515. The molecule has 2 rings (SSSR count). The lowest BCUT2D eigenvalue weighted by molar-refractivity contribution is -0.137. The molecule has 0 saturated carbocycles. The van der Waals surface area contributed by atoms with Crippen LogP contribution in [0.4, 0.5) is 0 Å². The lowest BCUT2D eigenvalue weighted by atomic mass is 10.0. The standard InChI is InChI=1S/C17H33N3O3S/c1-15(2)17(21)20(13-7-11-18-9-4-5-10-18)16-8-6-12-19(14-16)24(3,22)23/h15-16H,4-14H2,1-3H3. The van der Waals surface area contributed by atoms with Crippen LogP contribution in [0.3, 0.4) is 0 Å². The molecule has 2 aliphatic rings. The van der Waals surface area contributed by atoms with Crippen molar-refractivity contribution in [3.05, 3.63) is 0 Å². The van der Waals surface area contributed by atoms with Crippen molar-refractivity contribution >= 4 is 15.9 Å². The highest BCUT2D eigenvalue weighted by atomic mass is 32.2. The van der Waals surface area contributed by atoms with Gasteiger partial charge in [0.2, 0.25) is 15.9 Å². The summed E-state index contributed by atoms with van der Waals surface area (Å²) >= 11 is 0. The summed E-state index contributed by atoms with van der Waals surface area (Å²) in [5.74, 6) is 0.0992. The molecule has 0 aromatic heterocycles. The molecule has 0 aromatic carbocycles. The topological polar surface area (TPSA) is 60.9 Å². The Morgan fingerprint density at radius 3 is 2.42 bits per heavy atom. The van der Waals surface area contributed by atoms with Gasteiger partial charge in [0.05, 0.1) is 6.26 Å². The molecule has 1 amide bonds. The van der Waals surface area contributed by atoms with Gasteiger partial charge >= 0.3 is 0 Å². The van der Waals surface area contributed by atoms with Gasteiger partial charge in [-0.25, -0.2) is 12.7 Å². The normalized spacial score (nSPS) is 23.8. The lowest BCUT2D eigenvalue weighted by Gasteiger charge is -2.39. The van der Waals surface area contributed by atoms with Crippen LogP contribution in [0, 0.1) is 5.92 Å². The molecule has 2 fully saturated rings. The monoisotopic (exact) mass is 359 g/mol. The lowest BCUT2D eigenvalue weighted by Crippen LogP contribution is -2.52. The quantitative estimate of drug-likeness (QED) is 0.689. The van der Waals surface area contributed by atoms with Gasteiger partial charge in [-0.05, 0) is 51.7 Å². The van der Waals surface area contributed by atoms with E-state index in [-0.39, 0.29) is 17.9 Å². The van der Waals surface area contributed by atoms with E-state index < -0.39 is 10.0 Å². The highest BCUT2D eigenvalue weighted by Gasteiger charge is 2.32. The van der Waals surface area contributed by atoms with Gasteiger partial charge in [-0.15, -0.1) is 0 Å². The summed E-state index contributed by atoms with van der Waals surface area (Å²) in [6.07, 6.45) is 6.51. The maximum absolute atomic E-state index is 12.7. The van der Waals surface area contributed by atoms with Gasteiger partial charge in [0.25, 0.3) is 0 Å². The Kier molecular flexibility index (Phi) is 7.07. The van der Waals surface area contributed by atoms with Crippen molar-refractivity contribution in [2.75, 3.05) is 45.5 Å². The van der Waals surface area contributed by atoms with Crippen molar-refractivity contribution in [3.63, 3.8) is 0 Å². The number of piperidine rings is 1. The van der Waals surface area contributed by atoms with Crippen LogP contribution < -0.4 is 0 Å². The average molecular weight is 360 g/mol. The van der Waals surface area contributed by atoms with Gasteiger partial charge in [0.15, 0.2) is 0 Å². The maximum Gasteiger partial charge on any atom is 0.225 e. The first-order chi connectivity index (χ1) is 11.3. The first-order valence-corrected chi connectivity index (χ1v) is 11.1. The van der Waals surface area contributed by atoms with Crippen molar-refractivity contribution in [2.24, 2.45) is 5.92 Å². The summed E-state index contributed by atoms with van der Waals surface area (Å²) in [4.78, 5) is 17.1. The third kappa shape index (κ3) is 5.43. The Morgan fingerprint density at radius 2 is 1.83 bits per heavy atom. The summed E-state index contributed by atoms with van der Waals surface area (Å²) in [6.45, 7) is 8.97. The fourth-order valence-electron chi connectivity index (χ4n) is 3.75. The zero-order valence-corrected chi connectivity index (χ0v) is 16.2. The molecule has 7 heteroatoms. The van der Waals surface area contributed by atoms with Gasteiger partial charge in [0, 0.05) is 31.6 Å². The summed E-state index contributed by atoms with van der Waals surface area (Å²) in [5, 5.41) is 0. The molecule has 2 aliphatic heterocycles. The van der Waals surface area contributed by atoms with Crippen molar-refractivity contribution in [2.45, 2.75) is 52.0 Å². The molecule has 1 unspecified atom stereocenters. The number of hydrogen-bond acceptors (Lipinski definition) is 4. The summed E-state index contributed by atoms with van der Waals surface area (Å²) in [5.41, 5.74) is 0. The van der Waals surface area contributed by atoms with E-state index in [0.29, 0.717) is 13.1 Å². The number of hydrogen-bond donors (Lipinski definition) is 0. The third-order valence-electron chi connectivity index (χ3n) is 5.12. The number of rotatable bonds is 7. The number of sulfonamides is 1. The van der Waals surface area contributed by atoms with E-state index in [2.05, 4.69) is 4.90 Å². The van der Waals surface area contributed by atoms with Crippen LogP contribution in [0.5, 0.6) is 0 Å². The zero-order chi connectivity index (χ0) is 17.7. The first kappa shape index (κ1) is 19.7. The number of likely N-dealkylation sites (tertiary alicyclic amines) is 1. The Morgan fingerprint density at radius 1 is 1.17 bits per heavy atom. The fraction of sp³-hybridized carbons (Fsp3) is 0.941. The van der Waals surface area contributed by atoms with Crippen LogP contribution in [0.1, 0.15) is 46.0 Å². The number of amides is 1. The molecule has 2 heterocycles. The van der Waals surface area contributed by atoms with E-state index in [1.807, 2.05) is 18.7 Å². The molecule has 0 aliphatic carbocycles. The number of carbonyl (C=O) groups is 1. The van der Waals surface area contributed by atoms with Crippen LogP contribution in [0.25, 0.3) is 0 Å². The molecule has 0 spiro atoms. The van der Waals surface area contributed by atoms with Crippen LogP contribution >= 0.6 is 0 Å². The minimum Gasteiger partial charge on any atom is -0.338 e. The molecule has 24 heavy (non-hydrogen) atoms. The second kappa shape index (κ2) is 8.63. The van der Waals surface area contributed by atoms with E-state index in [1.165, 1.54) is 36.5 Å². The summed E-state index contributed by atoms with van der Waals surface area (Å²) < 4.78 is 25.3. The van der Waals surface area contributed by atoms with Crippen molar-refractivity contribution in [1.29, 1.82) is 0 Å². The van der Waals surface area contributed by atoms with Gasteiger partial charge in [-0.2, -0.15) is 0 Å². The van der Waals surface area contributed by atoms with E-state index in [9.17, 15) is 13.2 Å². The predicted octanol–water partition coefficient (Wildman–Crippen LogP) is 1.38. The third-order valence-corrected chi connectivity index (χ3v) is 6.39. The van der Waals surface area contributed by atoms with Crippen molar-refractivity contribution in [1.82, 2.24) is 14.1 Å².